The van der Waals surface area contributed by atoms with Gasteiger partial charge in [0.05, 0.1) is 149 Å². The summed E-state index contributed by atoms with van der Waals surface area (Å²) < 4.78 is 95.4. The van der Waals surface area contributed by atoms with Crippen molar-refractivity contribution in [3.05, 3.63) is 262 Å². The topological polar surface area (TPSA) is 313 Å². The van der Waals surface area contributed by atoms with E-state index in [-0.39, 0.29) is 0 Å². The van der Waals surface area contributed by atoms with Crippen LogP contribution in [-0.2, 0) is 44.6 Å². The fourth-order valence-corrected chi connectivity index (χ4v) is 17.1. The van der Waals surface area contributed by atoms with E-state index in [2.05, 4.69) is 169 Å². The number of anilines is 11. The van der Waals surface area contributed by atoms with E-state index in [1.807, 2.05) is 133 Å². The van der Waals surface area contributed by atoms with Gasteiger partial charge in [-0.15, -0.1) is 0 Å². The second-order valence-electron chi connectivity index (χ2n) is 34.9. The summed E-state index contributed by atoms with van der Waals surface area (Å²) >= 11 is 0. The van der Waals surface area contributed by atoms with Crippen LogP contribution in [0.4, 0.5) is 63.3 Å². The lowest BCUT2D eigenvalue weighted by Gasteiger charge is -2.29. The number of benzene rings is 8. The van der Waals surface area contributed by atoms with E-state index in [9.17, 15) is 0 Å². The average molecular weight is 1960 g/mol. The third-order valence-corrected chi connectivity index (χ3v) is 25.1. The number of morpholine rings is 4. The molecule has 32 heteroatoms. The zero-order valence-corrected chi connectivity index (χ0v) is 85.1. The number of hydrazone groups is 1. The lowest BCUT2D eigenvalue weighted by Crippen LogP contribution is -2.36. The largest absolute Gasteiger partial charge is 0.493 e. The van der Waals surface area contributed by atoms with E-state index in [1.165, 1.54) is 44.4 Å². The first-order valence-corrected chi connectivity index (χ1v) is 48.5. The minimum absolute atomic E-state index is 0.436. The summed E-state index contributed by atoms with van der Waals surface area (Å²) in [7, 11) is 14.7. The van der Waals surface area contributed by atoms with Crippen LogP contribution in [0.25, 0.3) is 21.8 Å². The Morgan fingerprint density at radius 1 is 0.326 bits per heavy atom. The number of aryl methyl sites for hydroxylation is 6. The predicted molar refractivity (Wildman–Crippen MR) is 570 cm³/mol. The van der Waals surface area contributed by atoms with Crippen molar-refractivity contribution in [2.45, 2.75) is 67.2 Å². The summed E-state index contributed by atoms with van der Waals surface area (Å²) in [6.07, 6.45) is 4.62. The van der Waals surface area contributed by atoms with Gasteiger partial charge in [-0.1, -0.05) is 60.2 Å². The molecule has 758 valence electrons. The molecule has 4 fully saturated rings. The molecule has 144 heavy (non-hydrogen) atoms. The summed E-state index contributed by atoms with van der Waals surface area (Å²) in [4.78, 5) is 35.0. The SMILES string of the molecule is COc1cc(CCOc2cc(Nc3ccc4[nH]c(C)c(C)c4c3)cc(N3CCOCC3)n2)cc(OC)c1OC.COc1ccc(CCOc2cc(N3CCOCC3)cc(N/N=C/c3cccc(C)c3)n2)cc1OC.COc1ccc(CCOc2cc(Nc3ccc4[nH]c(C)c(C)c4c3)nc(N3CCOCC3)c2)cc1OC.COc1ccc(CCOc2cc(Nc3cccc(C)c3)nc(N3CCOCC3)c2)cc1OC. The van der Waals surface area contributed by atoms with Gasteiger partial charge in [-0.3, -0.25) is 5.43 Å². The smallest absolute Gasteiger partial charge is 0.217 e. The Bertz CT molecular complexity index is 6570. The molecule has 8 aromatic carbocycles. The Labute approximate surface area is 842 Å². The van der Waals surface area contributed by atoms with E-state index >= 15 is 0 Å². The molecule has 32 nitrogen and oxygen atoms in total. The van der Waals surface area contributed by atoms with Crippen LogP contribution in [0.5, 0.6) is 75.0 Å². The minimum Gasteiger partial charge on any atom is -0.493 e. The van der Waals surface area contributed by atoms with Crippen molar-refractivity contribution in [1.82, 2.24) is 29.9 Å². The first-order valence-electron chi connectivity index (χ1n) is 48.5. The molecular weight excluding hydrogens is 1830 g/mol. The summed E-state index contributed by atoms with van der Waals surface area (Å²) in [5.41, 5.74) is 22.9. The molecule has 4 aliphatic rings. The molecule has 0 saturated carbocycles. The predicted octanol–water partition coefficient (Wildman–Crippen LogP) is 19.7. The molecule has 4 aliphatic heterocycles. The fourth-order valence-electron chi connectivity index (χ4n) is 17.1. The van der Waals surface area contributed by atoms with Crippen LogP contribution < -0.4 is 103 Å². The molecule has 0 unspecified atom stereocenters. The Morgan fingerprint density at radius 3 is 1.17 bits per heavy atom. The summed E-state index contributed by atoms with van der Waals surface area (Å²) in [5, 5.41) is 17.3. The lowest BCUT2D eigenvalue weighted by atomic mass is 10.1. The molecule has 0 radical (unpaired) electrons. The van der Waals surface area contributed by atoms with Crippen LogP contribution in [-0.4, -0.2) is 232 Å². The average Bonchev–Trinajstić information content (AvgIpc) is 1.65. The van der Waals surface area contributed by atoms with Gasteiger partial charge in [0.1, 0.15) is 40.6 Å². The van der Waals surface area contributed by atoms with Crippen molar-refractivity contribution in [3.63, 3.8) is 0 Å². The third kappa shape index (κ3) is 28.4. The van der Waals surface area contributed by atoms with Gasteiger partial charge in [0, 0.05) is 188 Å². The number of rotatable bonds is 38. The summed E-state index contributed by atoms with van der Waals surface area (Å²) in [5.74, 6) is 13.5. The fraction of sp³-hybridized carbons (Fsp3) is 0.348. The third-order valence-electron chi connectivity index (χ3n) is 25.1. The highest BCUT2D eigenvalue weighted by atomic mass is 16.5. The minimum atomic E-state index is 0.436. The zero-order valence-electron chi connectivity index (χ0n) is 85.1. The lowest BCUT2D eigenvalue weighted by molar-refractivity contribution is 0.122. The molecule has 18 rings (SSSR count). The zero-order chi connectivity index (χ0) is 101. The van der Waals surface area contributed by atoms with Crippen molar-refractivity contribution < 1.29 is 80.5 Å². The summed E-state index contributed by atoms with van der Waals surface area (Å²) in [6, 6.07) is 66.6. The maximum absolute atomic E-state index is 6.23. The van der Waals surface area contributed by atoms with E-state index in [4.69, 9.17) is 95.5 Å². The second-order valence-corrected chi connectivity index (χ2v) is 34.9. The normalized spacial score (nSPS) is 13.5. The maximum atomic E-state index is 6.23. The van der Waals surface area contributed by atoms with Crippen molar-refractivity contribution in [2.75, 3.05) is 237 Å². The van der Waals surface area contributed by atoms with Crippen molar-refractivity contribution in [3.8, 4) is 75.0 Å². The van der Waals surface area contributed by atoms with E-state index < -0.39 is 0 Å². The van der Waals surface area contributed by atoms with E-state index in [0.29, 0.717) is 138 Å². The number of nitrogens with zero attached hydrogens (tertiary/aromatic N) is 9. The molecule has 0 spiro atoms. The summed E-state index contributed by atoms with van der Waals surface area (Å²) in [6.45, 7) is 26.6. The monoisotopic (exact) mass is 1960 g/mol. The van der Waals surface area contributed by atoms with Crippen LogP contribution in [0, 0.1) is 41.5 Å². The number of nitrogens with one attached hydrogen (secondary N) is 6. The number of pyridine rings is 4. The molecular formula is C112H133N15O17. The number of aromatic amines is 2. The van der Waals surface area contributed by atoms with Gasteiger partial charge in [-0.05, 0) is 183 Å². The van der Waals surface area contributed by atoms with Gasteiger partial charge in [0.25, 0.3) is 0 Å². The number of methoxy groups -OCH3 is 9. The number of hydrogen-bond donors (Lipinski definition) is 6. The number of ether oxygens (including phenoxy) is 17. The highest BCUT2D eigenvalue weighted by Crippen LogP contribution is 2.41. The quantitative estimate of drug-likeness (QED) is 0.0155. The van der Waals surface area contributed by atoms with Gasteiger partial charge in [-0.25, -0.2) is 9.97 Å². The van der Waals surface area contributed by atoms with Crippen LogP contribution >= 0.6 is 0 Å². The Balaban J connectivity index is 0.000000145. The van der Waals surface area contributed by atoms with Gasteiger partial charge < -0.3 is 126 Å². The van der Waals surface area contributed by atoms with Crippen molar-refractivity contribution in [1.29, 1.82) is 0 Å². The van der Waals surface area contributed by atoms with Crippen LogP contribution in [0.1, 0.15) is 61.5 Å². The van der Waals surface area contributed by atoms with Crippen molar-refractivity contribution >= 4 is 91.4 Å². The molecule has 0 amide bonds. The maximum Gasteiger partial charge on any atom is 0.217 e. The molecule has 6 aromatic heterocycles. The molecule has 10 heterocycles. The molecule has 0 atom stereocenters. The number of hydrogen-bond acceptors (Lipinski definition) is 30. The molecule has 6 N–H and O–H groups in total. The Hall–Kier alpha value is -15.3. The highest BCUT2D eigenvalue weighted by Gasteiger charge is 2.24. The van der Waals surface area contributed by atoms with E-state index in [1.54, 1.807) is 70.2 Å². The molecule has 4 saturated heterocycles. The van der Waals surface area contributed by atoms with Crippen molar-refractivity contribution in [2.24, 2.45) is 5.10 Å². The van der Waals surface area contributed by atoms with Crippen LogP contribution in [0.3, 0.4) is 0 Å². The standard InChI is InChI=1S/C30H36N4O5.C29H34N4O4.C27H32N4O4.C26H31N3O4/c1-19-20(2)31-25-7-6-22(16-24(19)25)32-23-17-28(34-9-12-38-13-10-34)33-29(18-23)39-11-8-21-14-26(35-3)30(37-5)27(15-21)36-4;1-19-20(2)30-25-7-6-22(16-24(19)25)31-28-17-23(18-29(32-28)33-10-13-36-14-11-33)37-12-9-21-5-8-26(34-3)27(15-21)35-4;1-20-5-4-6-22(15-20)19-28-30-26-17-23(31-10-13-34-14-11-31)18-27(29-26)35-12-9-21-7-8-24(32-2)25(16-21)33-3;1-19-5-4-6-21(15-19)27-25-17-22(18-26(28-25)29-10-13-32-14-11-29)33-12-9-20-7-8-23(30-2)24(16-20)31-3/h6-7,14-18,31H,8-13H2,1-5H3,(H,32,33);5-8,15-18,30H,9-14H2,1-4H3,(H,31,32);4-8,15-19H,9-14H2,1-3H3,(H,29,30);4-8,15-18H,9-14H2,1-3H3,(H,27,28)/b;;28-19+;. The van der Waals surface area contributed by atoms with Crippen LogP contribution in [0.15, 0.2) is 205 Å². The molecule has 0 aliphatic carbocycles. The number of H-pyrrole nitrogens is 2. The first-order chi connectivity index (χ1) is 70.3. The second kappa shape index (κ2) is 51.4. The van der Waals surface area contributed by atoms with E-state index in [0.717, 1.165) is 196 Å². The molecule has 0 bridgehead atoms. The number of aromatic nitrogens is 6. The Kier molecular flexibility index (Phi) is 36.8. The van der Waals surface area contributed by atoms with Gasteiger partial charge >= 0.3 is 0 Å². The molecule has 14 aromatic rings. The first kappa shape index (κ1) is 103. The number of fused-ring (bicyclic) bond motifs is 2. The van der Waals surface area contributed by atoms with Crippen LogP contribution in [0.2, 0.25) is 0 Å². The highest BCUT2D eigenvalue weighted by molar-refractivity contribution is 5.90. The van der Waals surface area contributed by atoms with Gasteiger partial charge in [0.2, 0.25) is 17.5 Å². The van der Waals surface area contributed by atoms with Gasteiger partial charge in [-0.2, -0.15) is 15.1 Å². The van der Waals surface area contributed by atoms with Gasteiger partial charge in [0.15, 0.2) is 51.8 Å². The Morgan fingerprint density at radius 2 is 0.729 bits per heavy atom.